The van der Waals surface area contributed by atoms with Crippen molar-refractivity contribution >= 4 is 54.0 Å². The zero-order valence-corrected chi connectivity index (χ0v) is 13.3. The molecule has 4 nitrogen and oxygen atoms in total. The third kappa shape index (κ3) is 3.33. The van der Waals surface area contributed by atoms with Gasteiger partial charge in [0, 0.05) is 13.7 Å². The van der Waals surface area contributed by atoms with Gasteiger partial charge in [0.25, 0.3) is 0 Å². The lowest BCUT2D eigenvalue weighted by Crippen LogP contribution is -2.32. The first-order valence-corrected chi connectivity index (χ1v) is 8.67. The topological polar surface area (TPSA) is 66.4 Å². The standard InChI is InChI=1S/C10H11BrINO3S/c11-7-2-1-6(12)3-8(7)13-9-4-17(15,16)5-10(9)14/h1-3,9-10,13-14H,4-5H2. The molecule has 7 heteroatoms. The summed E-state index contributed by atoms with van der Waals surface area (Å²) in [5.41, 5.74) is 0.804. The second-order valence-corrected chi connectivity index (χ2v) is 8.27. The van der Waals surface area contributed by atoms with Gasteiger partial charge in [0.05, 0.1) is 23.7 Å². The van der Waals surface area contributed by atoms with E-state index in [2.05, 4.69) is 43.8 Å². The quantitative estimate of drug-likeness (QED) is 0.698. The zero-order chi connectivity index (χ0) is 12.6. The number of hydrogen-bond acceptors (Lipinski definition) is 4. The number of rotatable bonds is 2. The zero-order valence-electron chi connectivity index (χ0n) is 8.73. The van der Waals surface area contributed by atoms with Gasteiger partial charge in [0.1, 0.15) is 0 Å². The molecule has 17 heavy (non-hydrogen) atoms. The molecule has 0 spiro atoms. The van der Waals surface area contributed by atoms with E-state index in [-0.39, 0.29) is 11.5 Å². The SMILES string of the molecule is O=S1(=O)CC(O)C(Nc2cc(I)ccc2Br)C1. The Labute approximate surface area is 122 Å². The van der Waals surface area contributed by atoms with Crippen molar-refractivity contribution in [3.8, 4) is 0 Å². The first-order valence-electron chi connectivity index (χ1n) is 4.97. The molecule has 0 amide bonds. The van der Waals surface area contributed by atoms with E-state index < -0.39 is 22.0 Å². The van der Waals surface area contributed by atoms with E-state index in [9.17, 15) is 13.5 Å². The summed E-state index contributed by atoms with van der Waals surface area (Å²) in [6.45, 7) is 0. The van der Waals surface area contributed by atoms with Crippen LogP contribution in [0, 0.1) is 3.57 Å². The van der Waals surface area contributed by atoms with Gasteiger partial charge in [-0.2, -0.15) is 0 Å². The number of anilines is 1. The summed E-state index contributed by atoms with van der Waals surface area (Å²) in [7, 11) is -3.12. The van der Waals surface area contributed by atoms with Gasteiger partial charge >= 0.3 is 0 Å². The fourth-order valence-corrected chi connectivity index (χ4v) is 4.37. The average Bonchev–Trinajstić information content (AvgIpc) is 2.46. The van der Waals surface area contributed by atoms with Crippen molar-refractivity contribution in [3.63, 3.8) is 0 Å². The fourth-order valence-electron chi connectivity index (χ4n) is 1.77. The normalized spacial score (nSPS) is 27.0. The molecule has 1 fully saturated rings. The fraction of sp³-hybridized carbons (Fsp3) is 0.400. The van der Waals surface area contributed by atoms with Crippen LogP contribution in [0.3, 0.4) is 0 Å². The molecule has 1 aromatic carbocycles. The molecule has 2 atom stereocenters. The minimum Gasteiger partial charge on any atom is -0.390 e. The minimum atomic E-state index is -3.12. The van der Waals surface area contributed by atoms with Crippen LogP contribution in [0.2, 0.25) is 0 Å². The van der Waals surface area contributed by atoms with Crippen LogP contribution < -0.4 is 5.32 Å². The molecule has 2 N–H and O–H groups in total. The van der Waals surface area contributed by atoms with E-state index in [0.717, 1.165) is 13.7 Å². The van der Waals surface area contributed by atoms with E-state index in [4.69, 9.17) is 0 Å². The molecule has 1 saturated heterocycles. The highest BCUT2D eigenvalue weighted by molar-refractivity contribution is 14.1. The molecular weight excluding hydrogens is 421 g/mol. The van der Waals surface area contributed by atoms with Gasteiger partial charge in [-0.15, -0.1) is 0 Å². The highest BCUT2D eigenvalue weighted by atomic mass is 127. The van der Waals surface area contributed by atoms with Crippen LogP contribution in [0.5, 0.6) is 0 Å². The van der Waals surface area contributed by atoms with E-state index in [1.54, 1.807) is 0 Å². The Morgan fingerprint density at radius 2 is 2.12 bits per heavy atom. The van der Waals surface area contributed by atoms with Crippen LogP contribution in [0.25, 0.3) is 0 Å². The summed E-state index contributed by atoms with van der Waals surface area (Å²) in [4.78, 5) is 0. The van der Waals surface area contributed by atoms with Crippen LogP contribution in [0.1, 0.15) is 0 Å². The van der Waals surface area contributed by atoms with Crippen LogP contribution in [-0.4, -0.2) is 37.2 Å². The summed E-state index contributed by atoms with van der Waals surface area (Å²) < 4.78 is 24.7. The van der Waals surface area contributed by atoms with Gasteiger partial charge < -0.3 is 10.4 Å². The Morgan fingerprint density at radius 1 is 1.41 bits per heavy atom. The smallest absolute Gasteiger partial charge is 0.155 e. The Morgan fingerprint density at radius 3 is 2.71 bits per heavy atom. The van der Waals surface area contributed by atoms with Crippen molar-refractivity contribution in [2.45, 2.75) is 12.1 Å². The van der Waals surface area contributed by atoms with E-state index in [0.29, 0.717) is 0 Å². The average molecular weight is 432 g/mol. The van der Waals surface area contributed by atoms with Crippen molar-refractivity contribution < 1.29 is 13.5 Å². The molecule has 1 heterocycles. The molecule has 0 radical (unpaired) electrons. The molecule has 1 aliphatic rings. The lowest BCUT2D eigenvalue weighted by Gasteiger charge is -2.17. The number of aliphatic hydroxyl groups is 1. The predicted octanol–water partition coefficient (Wildman–Crippen LogP) is 1.62. The largest absolute Gasteiger partial charge is 0.390 e. The highest BCUT2D eigenvalue weighted by Gasteiger charge is 2.36. The molecule has 2 unspecified atom stereocenters. The lowest BCUT2D eigenvalue weighted by atomic mass is 10.2. The molecule has 94 valence electrons. The van der Waals surface area contributed by atoms with Gasteiger partial charge in [0.2, 0.25) is 0 Å². The van der Waals surface area contributed by atoms with E-state index in [1.165, 1.54) is 0 Å². The van der Waals surface area contributed by atoms with Crippen LogP contribution in [-0.2, 0) is 9.84 Å². The summed E-state index contributed by atoms with van der Waals surface area (Å²) in [5.74, 6) is -0.182. The molecule has 2 rings (SSSR count). The predicted molar refractivity (Wildman–Crippen MR) is 78.9 cm³/mol. The summed E-state index contributed by atoms with van der Waals surface area (Å²) >= 11 is 5.57. The van der Waals surface area contributed by atoms with Crippen LogP contribution in [0.15, 0.2) is 22.7 Å². The maximum absolute atomic E-state index is 11.4. The van der Waals surface area contributed by atoms with E-state index in [1.807, 2.05) is 18.2 Å². The molecular formula is C10H11BrINO3S. The summed E-state index contributed by atoms with van der Waals surface area (Å²) in [6, 6.07) is 5.30. The van der Waals surface area contributed by atoms with Crippen molar-refractivity contribution in [2.75, 3.05) is 16.8 Å². The first kappa shape index (κ1) is 13.6. The molecule has 1 aliphatic heterocycles. The Hall–Kier alpha value is 0.140. The minimum absolute atomic E-state index is 0.0217. The highest BCUT2D eigenvalue weighted by Crippen LogP contribution is 2.27. The maximum atomic E-state index is 11.4. The van der Waals surface area contributed by atoms with Crippen LogP contribution >= 0.6 is 38.5 Å². The van der Waals surface area contributed by atoms with Crippen molar-refractivity contribution in [1.29, 1.82) is 0 Å². The third-order valence-electron chi connectivity index (χ3n) is 2.59. The number of aliphatic hydroxyl groups excluding tert-OH is 1. The van der Waals surface area contributed by atoms with Crippen LogP contribution in [0.4, 0.5) is 5.69 Å². The Bertz CT molecular complexity index is 534. The molecule has 0 aromatic heterocycles. The number of benzene rings is 1. The van der Waals surface area contributed by atoms with Gasteiger partial charge in [-0.25, -0.2) is 8.42 Å². The lowest BCUT2D eigenvalue weighted by molar-refractivity contribution is 0.190. The summed E-state index contributed by atoms with van der Waals surface area (Å²) in [5, 5.41) is 12.8. The molecule has 0 bridgehead atoms. The molecule has 1 aromatic rings. The number of halogens is 2. The second-order valence-electron chi connectivity index (χ2n) is 4.02. The van der Waals surface area contributed by atoms with E-state index >= 15 is 0 Å². The van der Waals surface area contributed by atoms with Crippen molar-refractivity contribution in [3.05, 3.63) is 26.2 Å². The maximum Gasteiger partial charge on any atom is 0.155 e. The Balaban J connectivity index is 2.19. The van der Waals surface area contributed by atoms with Gasteiger partial charge in [-0.05, 0) is 56.7 Å². The third-order valence-corrected chi connectivity index (χ3v) is 5.67. The molecule has 0 saturated carbocycles. The number of sulfone groups is 1. The number of hydrogen-bond donors (Lipinski definition) is 2. The molecule has 0 aliphatic carbocycles. The van der Waals surface area contributed by atoms with Gasteiger partial charge in [-0.3, -0.25) is 0 Å². The van der Waals surface area contributed by atoms with Gasteiger partial charge in [-0.1, -0.05) is 0 Å². The van der Waals surface area contributed by atoms with Crippen molar-refractivity contribution in [1.82, 2.24) is 0 Å². The van der Waals surface area contributed by atoms with Crippen molar-refractivity contribution in [2.24, 2.45) is 0 Å². The monoisotopic (exact) mass is 431 g/mol. The second kappa shape index (κ2) is 5.02. The summed E-state index contributed by atoms with van der Waals surface area (Å²) in [6.07, 6.45) is -0.843. The first-order chi connectivity index (χ1) is 7.87. The van der Waals surface area contributed by atoms with Gasteiger partial charge in [0.15, 0.2) is 9.84 Å². The number of nitrogens with one attached hydrogen (secondary N) is 1. The Kier molecular flexibility index (Phi) is 4.01.